The number of aromatic nitrogens is 1. The number of benzene rings is 2. The van der Waals surface area contributed by atoms with Crippen molar-refractivity contribution in [3.8, 4) is 5.75 Å². The summed E-state index contributed by atoms with van der Waals surface area (Å²) >= 11 is 0. The molecule has 0 saturated carbocycles. The summed E-state index contributed by atoms with van der Waals surface area (Å²) in [7, 11) is 1.62. The zero-order chi connectivity index (χ0) is 14.4. The summed E-state index contributed by atoms with van der Waals surface area (Å²) in [5.41, 5.74) is 4.01. The van der Waals surface area contributed by atoms with Gasteiger partial charge in [0.05, 0.1) is 12.6 Å². The van der Waals surface area contributed by atoms with Gasteiger partial charge in [0.25, 0.3) is 0 Å². The molecule has 0 fully saturated rings. The third kappa shape index (κ3) is 1.76. The number of methoxy groups -OCH3 is 1. The molecule has 5 nitrogen and oxygen atoms in total. The summed E-state index contributed by atoms with van der Waals surface area (Å²) in [6.07, 6.45) is 0. The molecule has 1 aromatic heterocycles. The third-order valence-corrected chi connectivity index (χ3v) is 3.77. The Hall–Kier alpha value is -2.08. The van der Waals surface area contributed by atoms with E-state index in [1.807, 2.05) is 32.0 Å². The van der Waals surface area contributed by atoms with Crippen LogP contribution in [0.15, 0.2) is 24.3 Å². The van der Waals surface area contributed by atoms with E-state index in [2.05, 4.69) is 4.98 Å². The second-order valence-electron chi connectivity index (χ2n) is 4.96. The molecule has 0 aliphatic rings. The number of fused-ring (bicyclic) bond motifs is 3. The van der Waals surface area contributed by atoms with Crippen LogP contribution in [-0.4, -0.2) is 17.3 Å². The molecular weight excluding hydrogens is 256 g/mol. The van der Waals surface area contributed by atoms with Crippen molar-refractivity contribution >= 4 is 27.5 Å². The van der Waals surface area contributed by atoms with E-state index >= 15 is 0 Å². The first-order valence-corrected chi connectivity index (χ1v) is 6.36. The fourth-order valence-corrected chi connectivity index (χ4v) is 2.74. The molecule has 0 aliphatic heterocycles. The SMILES string of the molecule is COc1ccc2[nH]c3c(C)cc([NH+]([O-])O)c(C)c3c2c1. The molecule has 0 spiro atoms. The largest absolute Gasteiger partial charge is 0.595 e. The average molecular weight is 272 g/mol. The average Bonchev–Trinajstić information content (AvgIpc) is 2.81. The van der Waals surface area contributed by atoms with Crippen LogP contribution >= 0.6 is 0 Å². The van der Waals surface area contributed by atoms with Crippen LogP contribution in [0.25, 0.3) is 21.8 Å². The first-order chi connectivity index (χ1) is 9.52. The van der Waals surface area contributed by atoms with Gasteiger partial charge in [0.2, 0.25) is 0 Å². The molecule has 104 valence electrons. The standard InChI is InChI=1S/C15H16N2O3/c1-8-6-13(17(18)19)9(2)14-11-7-10(20-3)4-5-12(11)16-15(8)14/h4-7,16-18H,1-3H3. The van der Waals surface area contributed by atoms with Crippen molar-refractivity contribution in [2.75, 3.05) is 7.11 Å². The van der Waals surface area contributed by atoms with Gasteiger partial charge >= 0.3 is 0 Å². The molecule has 2 aromatic carbocycles. The number of hydrogen-bond acceptors (Lipinski definition) is 3. The van der Waals surface area contributed by atoms with Crippen LogP contribution in [0.3, 0.4) is 0 Å². The number of rotatable bonds is 2. The van der Waals surface area contributed by atoms with Gasteiger partial charge in [-0.05, 0) is 37.6 Å². The Morgan fingerprint density at radius 2 is 2.00 bits per heavy atom. The minimum atomic E-state index is -0.898. The lowest BCUT2D eigenvalue weighted by Crippen LogP contribution is -2.99. The summed E-state index contributed by atoms with van der Waals surface area (Å²) in [6.45, 7) is 3.76. The van der Waals surface area contributed by atoms with Gasteiger partial charge < -0.3 is 14.9 Å². The van der Waals surface area contributed by atoms with Crippen molar-refractivity contribution in [3.63, 3.8) is 0 Å². The van der Waals surface area contributed by atoms with Gasteiger partial charge in [-0.2, -0.15) is 5.23 Å². The maximum atomic E-state index is 11.4. The summed E-state index contributed by atoms with van der Waals surface area (Å²) in [6, 6.07) is 7.49. The van der Waals surface area contributed by atoms with Gasteiger partial charge in [0.15, 0.2) is 5.69 Å². The van der Waals surface area contributed by atoms with E-state index in [1.54, 1.807) is 13.2 Å². The highest BCUT2D eigenvalue weighted by atomic mass is 16.8. The topological polar surface area (TPSA) is 72.8 Å². The van der Waals surface area contributed by atoms with E-state index in [1.165, 1.54) is 0 Å². The van der Waals surface area contributed by atoms with E-state index in [4.69, 9.17) is 4.74 Å². The van der Waals surface area contributed by atoms with Gasteiger partial charge in [-0.25, -0.2) is 5.21 Å². The summed E-state index contributed by atoms with van der Waals surface area (Å²) < 4.78 is 5.26. The van der Waals surface area contributed by atoms with Crippen LogP contribution < -0.4 is 9.96 Å². The van der Waals surface area contributed by atoms with E-state index in [-0.39, 0.29) is 0 Å². The Bertz CT molecular complexity index is 806. The predicted octanol–water partition coefficient (Wildman–Crippen LogP) is 2.35. The lowest BCUT2D eigenvalue weighted by molar-refractivity contribution is -0.991. The fourth-order valence-electron chi connectivity index (χ4n) is 2.74. The van der Waals surface area contributed by atoms with Crippen molar-refractivity contribution in [3.05, 3.63) is 40.6 Å². The van der Waals surface area contributed by atoms with Crippen molar-refractivity contribution in [2.45, 2.75) is 13.8 Å². The number of hydrogen-bond donors (Lipinski definition) is 3. The molecule has 0 saturated heterocycles. The van der Waals surface area contributed by atoms with Crippen LogP contribution in [0.2, 0.25) is 0 Å². The Labute approximate surface area is 115 Å². The van der Waals surface area contributed by atoms with Gasteiger partial charge in [-0.3, -0.25) is 0 Å². The molecule has 1 atom stereocenters. The Morgan fingerprint density at radius 3 is 2.65 bits per heavy atom. The summed E-state index contributed by atoms with van der Waals surface area (Å²) in [5, 5.41) is 21.7. The van der Waals surface area contributed by atoms with Crippen molar-refractivity contribution < 1.29 is 15.2 Å². The Balaban J connectivity index is 2.48. The number of ether oxygens (including phenoxy) is 1. The molecule has 3 N–H and O–H groups in total. The minimum Gasteiger partial charge on any atom is -0.595 e. The molecule has 3 aromatic rings. The van der Waals surface area contributed by atoms with Crippen LogP contribution in [0.1, 0.15) is 11.1 Å². The second-order valence-corrected chi connectivity index (χ2v) is 4.96. The van der Waals surface area contributed by atoms with Gasteiger partial charge in [0, 0.05) is 27.9 Å². The van der Waals surface area contributed by atoms with Gasteiger partial charge in [0.1, 0.15) is 5.75 Å². The molecule has 0 radical (unpaired) electrons. The molecule has 0 aliphatic carbocycles. The normalized spacial score (nSPS) is 13.1. The Kier molecular flexibility index (Phi) is 2.90. The summed E-state index contributed by atoms with van der Waals surface area (Å²) in [5.74, 6) is 0.760. The van der Waals surface area contributed by atoms with Crippen molar-refractivity contribution in [1.29, 1.82) is 0 Å². The number of nitrogens with one attached hydrogen (secondary N) is 2. The maximum Gasteiger partial charge on any atom is 0.167 e. The zero-order valence-corrected chi connectivity index (χ0v) is 11.6. The molecule has 0 amide bonds. The first kappa shape index (κ1) is 12.9. The quantitative estimate of drug-likeness (QED) is 0.627. The smallest absolute Gasteiger partial charge is 0.167 e. The van der Waals surface area contributed by atoms with E-state index in [0.717, 1.165) is 38.7 Å². The highest BCUT2D eigenvalue weighted by molar-refractivity contribution is 6.11. The molecular formula is C15H16N2O3. The number of quaternary nitrogens is 1. The molecule has 20 heavy (non-hydrogen) atoms. The summed E-state index contributed by atoms with van der Waals surface area (Å²) in [4.78, 5) is 3.36. The predicted molar refractivity (Wildman–Crippen MR) is 77.6 cm³/mol. The fraction of sp³-hybridized carbons (Fsp3) is 0.200. The highest BCUT2D eigenvalue weighted by Crippen LogP contribution is 2.34. The molecule has 1 unspecified atom stereocenters. The zero-order valence-electron chi connectivity index (χ0n) is 11.6. The van der Waals surface area contributed by atoms with Crippen LogP contribution in [-0.2, 0) is 0 Å². The molecule has 3 rings (SSSR count). The lowest BCUT2D eigenvalue weighted by atomic mass is 10.0. The third-order valence-electron chi connectivity index (χ3n) is 3.77. The van der Waals surface area contributed by atoms with Gasteiger partial charge in [-0.1, -0.05) is 0 Å². The first-order valence-electron chi connectivity index (χ1n) is 6.36. The van der Waals surface area contributed by atoms with Crippen LogP contribution in [0.5, 0.6) is 5.75 Å². The second kappa shape index (κ2) is 4.49. The Morgan fingerprint density at radius 1 is 1.25 bits per heavy atom. The van der Waals surface area contributed by atoms with E-state index in [0.29, 0.717) is 5.69 Å². The molecule has 1 heterocycles. The minimum absolute atomic E-state index is 0.346. The van der Waals surface area contributed by atoms with Crippen molar-refractivity contribution in [2.24, 2.45) is 0 Å². The van der Waals surface area contributed by atoms with Crippen molar-refractivity contribution in [1.82, 2.24) is 4.98 Å². The van der Waals surface area contributed by atoms with E-state index in [9.17, 15) is 10.4 Å². The molecule has 5 heteroatoms. The van der Waals surface area contributed by atoms with Crippen LogP contribution in [0, 0.1) is 19.1 Å². The lowest BCUT2D eigenvalue weighted by Gasteiger charge is -2.15. The van der Waals surface area contributed by atoms with E-state index < -0.39 is 5.23 Å². The highest BCUT2D eigenvalue weighted by Gasteiger charge is 2.16. The molecule has 0 bridgehead atoms. The maximum absolute atomic E-state index is 11.4. The monoisotopic (exact) mass is 272 g/mol. The van der Waals surface area contributed by atoms with Gasteiger partial charge in [-0.15, -0.1) is 0 Å². The number of H-pyrrole nitrogens is 1. The number of aromatic amines is 1. The number of aryl methyl sites for hydroxylation is 2. The van der Waals surface area contributed by atoms with Crippen LogP contribution in [0.4, 0.5) is 5.69 Å².